The zero-order valence-corrected chi connectivity index (χ0v) is 17.2. The molecule has 2 aromatic heterocycles. The molecule has 2 aliphatic heterocycles. The van der Waals surface area contributed by atoms with Crippen molar-refractivity contribution in [2.45, 2.75) is 58.3 Å². The maximum absolute atomic E-state index is 12.7. The zero-order valence-electron chi connectivity index (χ0n) is 17.2. The van der Waals surface area contributed by atoms with E-state index < -0.39 is 0 Å². The lowest BCUT2D eigenvalue weighted by Gasteiger charge is -2.32. The van der Waals surface area contributed by atoms with Gasteiger partial charge in [0, 0.05) is 68.0 Å². The zero-order chi connectivity index (χ0) is 20.5. The van der Waals surface area contributed by atoms with Crippen LogP contribution in [0.25, 0.3) is 5.65 Å². The summed E-state index contributed by atoms with van der Waals surface area (Å²) in [6.45, 7) is 6.56. The third-order valence-electron chi connectivity index (χ3n) is 6.31. The number of aromatic nitrogens is 3. The number of carbonyl (C=O) groups is 2. The summed E-state index contributed by atoms with van der Waals surface area (Å²) >= 11 is 0. The first kappa shape index (κ1) is 19.7. The maximum Gasteiger partial charge on any atom is 0.275 e. The Morgan fingerprint density at radius 2 is 2.07 bits per heavy atom. The number of fused-ring (bicyclic) bond motifs is 1. The highest BCUT2D eigenvalue weighted by Crippen LogP contribution is 2.27. The topological polar surface area (TPSA) is 90.8 Å². The molecule has 29 heavy (non-hydrogen) atoms. The fourth-order valence-electron chi connectivity index (χ4n) is 4.42. The van der Waals surface area contributed by atoms with Gasteiger partial charge in [0.25, 0.3) is 5.56 Å². The van der Waals surface area contributed by atoms with Gasteiger partial charge in [0.15, 0.2) is 5.65 Å². The lowest BCUT2D eigenvalue weighted by molar-refractivity contribution is -0.133. The van der Waals surface area contributed by atoms with Crippen LogP contribution in [0.5, 0.6) is 0 Å². The third kappa shape index (κ3) is 3.93. The molecule has 0 spiro atoms. The number of rotatable bonds is 5. The molecule has 0 saturated carbocycles. The van der Waals surface area contributed by atoms with Crippen molar-refractivity contribution < 1.29 is 9.59 Å². The second-order valence-electron chi connectivity index (χ2n) is 8.30. The number of nitrogens with zero attached hydrogens (tertiary/aromatic N) is 4. The van der Waals surface area contributed by atoms with E-state index in [1.54, 1.807) is 6.92 Å². The number of aromatic amines is 1. The summed E-state index contributed by atoms with van der Waals surface area (Å²) in [7, 11) is 0. The molecule has 8 nitrogen and oxygen atoms in total. The first-order valence-electron chi connectivity index (χ1n) is 10.6. The summed E-state index contributed by atoms with van der Waals surface area (Å²) in [6, 6.07) is 1.94. The summed E-state index contributed by atoms with van der Waals surface area (Å²) in [4.78, 5) is 45.2. The van der Waals surface area contributed by atoms with Gasteiger partial charge in [-0.05, 0) is 39.5 Å². The van der Waals surface area contributed by atoms with E-state index in [-0.39, 0.29) is 23.3 Å². The van der Waals surface area contributed by atoms with Gasteiger partial charge in [-0.15, -0.1) is 0 Å². The lowest BCUT2D eigenvalue weighted by atomic mass is 9.94. The van der Waals surface area contributed by atoms with Crippen LogP contribution in [0, 0.1) is 13.8 Å². The van der Waals surface area contributed by atoms with Gasteiger partial charge in [0.05, 0.1) is 0 Å². The van der Waals surface area contributed by atoms with Gasteiger partial charge in [0.1, 0.15) is 0 Å². The van der Waals surface area contributed by atoms with Gasteiger partial charge in [-0.2, -0.15) is 0 Å². The van der Waals surface area contributed by atoms with E-state index in [0.717, 1.165) is 50.2 Å². The molecule has 0 unspecified atom stereocenters. The van der Waals surface area contributed by atoms with Crippen LogP contribution in [-0.2, 0) is 9.59 Å². The molecule has 2 aromatic rings. The number of likely N-dealkylation sites (tertiary alicyclic amines) is 2. The third-order valence-corrected chi connectivity index (χ3v) is 6.31. The van der Waals surface area contributed by atoms with E-state index in [4.69, 9.17) is 0 Å². The Morgan fingerprint density at radius 3 is 2.83 bits per heavy atom. The van der Waals surface area contributed by atoms with E-state index in [1.807, 2.05) is 22.8 Å². The van der Waals surface area contributed by atoms with Crippen LogP contribution in [0.3, 0.4) is 0 Å². The molecule has 1 atom stereocenters. The smallest absolute Gasteiger partial charge is 0.275 e. The van der Waals surface area contributed by atoms with Crippen LogP contribution in [0.1, 0.15) is 61.4 Å². The molecule has 2 aliphatic rings. The van der Waals surface area contributed by atoms with Crippen molar-refractivity contribution in [2.24, 2.45) is 0 Å². The number of nitrogens with one attached hydrogen (secondary N) is 1. The average molecular weight is 399 g/mol. The molecule has 0 radical (unpaired) electrons. The highest BCUT2D eigenvalue weighted by Gasteiger charge is 2.27. The summed E-state index contributed by atoms with van der Waals surface area (Å²) in [6.07, 6.45) is 4.69. The van der Waals surface area contributed by atoms with Crippen molar-refractivity contribution in [3.8, 4) is 0 Å². The van der Waals surface area contributed by atoms with Crippen LogP contribution < -0.4 is 5.56 Å². The number of piperidine rings is 1. The van der Waals surface area contributed by atoms with Crippen LogP contribution in [0.4, 0.5) is 0 Å². The van der Waals surface area contributed by atoms with E-state index in [1.165, 1.54) is 4.52 Å². The van der Waals surface area contributed by atoms with Crippen LogP contribution in [0.2, 0.25) is 0 Å². The minimum atomic E-state index is -0.0704. The highest BCUT2D eigenvalue weighted by atomic mass is 16.2. The Hall–Kier alpha value is -2.64. The number of hydrogen-bond donors (Lipinski definition) is 1. The summed E-state index contributed by atoms with van der Waals surface area (Å²) in [5.74, 6) is 0.539. The number of H-pyrrole nitrogens is 1. The van der Waals surface area contributed by atoms with Crippen LogP contribution in [0.15, 0.2) is 10.9 Å². The van der Waals surface area contributed by atoms with Gasteiger partial charge in [-0.1, -0.05) is 0 Å². The largest absolute Gasteiger partial charge is 0.343 e. The molecule has 2 saturated heterocycles. The molecular weight excluding hydrogens is 370 g/mol. The predicted octanol–water partition coefficient (Wildman–Crippen LogP) is 1.75. The average Bonchev–Trinajstić information content (AvgIpc) is 3.32. The second kappa shape index (κ2) is 8.00. The van der Waals surface area contributed by atoms with Gasteiger partial charge in [-0.25, -0.2) is 9.50 Å². The lowest BCUT2D eigenvalue weighted by Crippen LogP contribution is -2.39. The fourth-order valence-corrected chi connectivity index (χ4v) is 4.42. The molecular formula is C21H29N5O3. The van der Waals surface area contributed by atoms with Crippen molar-refractivity contribution in [3.63, 3.8) is 0 Å². The van der Waals surface area contributed by atoms with E-state index in [9.17, 15) is 14.4 Å². The Kier molecular flexibility index (Phi) is 5.43. The molecule has 156 valence electrons. The van der Waals surface area contributed by atoms with Crippen molar-refractivity contribution >= 4 is 17.5 Å². The van der Waals surface area contributed by atoms with Crippen molar-refractivity contribution in [3.05, 3.63) is 33.4 Å². The van der Waals surface area contributed by atoms with Gasteiger partial charge >= 0.3 is 0 Å². The minimum absolute atomic E-state index is 0.0704. The van der Waals surface area contributed by atoms with Gasteiger partial charge in [-0.3, -0.25) is 19.5 Å². The summed E-state index contributed by atoms with van der Waals surface area (Å²) in [5.41, 5.74) is 2.91. The standard InChI is InChI=1S/C21H29N5O3/c1-14-15(2)22-18-12-17(23-26(18)21(14)29)16-6-3-11-25(13-16)20(28)8-5-10-24-9-4-7-19(24)27/h12,16,23H,3-11,13H2,1-2H3/t16-/m0/s1. The van der Waals surface area contributed by atoms with Crippen molar-refractivity contribution in [2.75, 3.05) is 26.2 Å². The fraction of sp³-hybridized carbons (Fsp3) is 0.619. The van der Waals surface area contributed by atoms with E-state index >= 15 is 0 Å². The molecule has 2 amide bonds. The SMILES string of the molecule is Cc1nc2cc([C@H]3CCCN(C(=O)CCCN4CCCC4=O)C3)[nH]n2c(=O)c1C. The Morgan fingerprint density at radius 1 is 1.24 bits per heavy atom. The van der Waals surface area contributed by atoms with Crippen LogP contribution in [-0.4, -0.2) is 62.4 Å². The molecule has 4 heterocycles. The predicted molar refractivity (Wildman–Crippen MR) is 109 cm³/mol. The second-order valence-corrected chi connectivity index (χ2v) is 8.30. The molecule has 4 rings (SSSR count). The van der Waals surface area contributed by atoms with Gasteiger partial charge in [0.2, 0.25) is 11.8 Å². The number of hydrogen-bond acceptors (Lipinski definition) is 4. The molecule has 8 heteroatoms. The molecule has 0 aliphatic carbocycles. The summed E-state index contributed by atoms with van der Waals surface area (Å²) < 4.78 is 1.51. The van der Waals surface area contributed by atoms with Crippen LogP contribution >= 0.6 is 0 Å². The first-order chi connectivity index (χ1) is 13.9. The van der Waals surface area contributed by atoms with E-state index in [0.29, 0.717) is 37.1 Å². The monoisotopic (exact) mass is 399 g/mol. The maximum atomic E-state index is 12.7. The van der Waals surface area contributed by atoms with Gasteiger partial charge < -0.3 is 9.80 Å². The molecule has 1 N–H and O–H groups in total. The Balaban J connectivity index is 1.39. The van der Waals surface area contributed by atoms with E-state index in [2.05, 4.69) is 10.1 Å². The molecule has 2 fully saturated rings. The molecule has 0 bridgehead atoms. The Labute approximate surface area is 169 Å². The number of amides is 2. The van der Waals surface area contributed by atoms with Crippen molar-refractivity contribution in [1.82, 2.24) is 24.4 Å². The Bertz CT molecular complexity index is 992. The molecule has 0 aromatic carbocycles. The number of aryl methyl sites for hydroxylation is 1. The quantitative estimate of drug-likeness (QED) is 0.829. The number of carbonyl (C=O) groups excluding carboxylic acids is 2. The minimum Gasteiger partial charge on any atom is -0.343 e. The summed E-state index contributed by atoms with van der Waals surface area (Å²) in [5, 5.41) is 3.21. The van der Waals surface area contributed by atoms with Crippen molar-refractivity contribution in [1.29, 1.82) is 0 Å². The normalized spacial score (nSPS) is 20.1. The highest BCUT2D eigenvalue weighted by molar-refractivity contribution is 5.78. The first-order valence-corrected chi connectivity index (χ1v) is 10.6.